The van der Waals surface area contributed by atoms with Gasteiger partial charge in [0, 0.05) is 49.7 Å². The highest BCUT2D eigenvalue weighted by Crippen LogP contribution is 2.17. The van der Waals surface area contributed by atoms with Crippen molar-refractivity contribution in [3.63, 3.8) is 0 Å². The standard InChI is InChI=1S/C29H32N4O3/c1-2-33(26-12-7-4-8-13-26)27(34)22-23-14-16-25(17-15-23)30-29(36)32-19-9-18-31(20-21-32)28(35)24-10-5-3-6-11-24/h3-8,10-17H,2,9,18-22H2,1H3,(H,30,36). The molecule has 1 aliphatic heterocycles. The maximum absolute atomic E-state index is 12.9. The first kappa shape index (κ1) is 25.0. The number of nitrogens with one attached hydrogen (secondary N) is 1. The Balaban J connectivity index is 1.30. The van der Waals surface area contributed by atoms with E-state index in [4.69, 9.17) is 0 Å². The number of urea groups is 1. The number of nitrogens with zero attached hydrogens (tertiary/aromatic N) is 3. The van der Waals surface area contributed by atoms with Crippen LogP contribution in [0, 0.1) is 0 Å². The minimum absolute atomic E-state index is 0.00287. The van der Waals surface area contributed by atoms with Gasteiger partial charge in [-0.15, -0.1) is 0 Å². The maximum Gasteiger partial charge on any atom is 0.321 e. The number of carbonyl (C=O) groups is 3. The van der Waals surface area contributed by atoms with E-state index in [1.165, 1.54) is 0 Å². The molecular weight excluding hydrogens is 452 g/mol. The quantitative estimate of drug-likeness (QED) is 0.553. The Hall–Kier alpha value is -4.13. The van der Waals surface area contributed by atoms with Crippen LogP contribution in [-0.2, 0) is 11.2 Å². The second-order valence-corrected chi connectivity index (χ2v) is 8.78. The number of likely N-dealkylation sites (N-methyl/N-ethyl adjacent to an activating group) is 1. The number of anilines is 2. The van der Waals surface area contributed by atoms with Crippen molar-refractivity contribution >= 4 is 29.2 Å². The van der Waals surface area contributed by atoms with Gasteiger partial charge in [0.2, 0.25) is 5.91 Å². The summed E-state index contributed by atoms with van der Waals surface area (Å²) in [6.45, 7) is 4.74. The third-order valence-electron chi connectivity index (χ3n) is 6.34. The normalized spacial score (nSPS) is 13.6. The summed E-state index contributed by atoms with van der Waals surface area (Å²) in [6, 6.07) is 26.1. The average Bonchev–Trinajstić information content (AvgIpc) is 3.17. The largest absolute Gasteiger partial charge is 0.337 e. The molecule has 186 valence electrons. The van der Waals surface area contributed by atoms with Gasteiger partial charge in [0.25, 0.3) is 5.91 Å². The highest BCUT2D eigenvalue weighted by molar-refractivity contribution is 5.95. The van der Waals surface area contributed by atoms with Crippen LogP contribution in [0.1, 0.15) is 29.3 Å². The summed E-state index contributed by atoms with van der Waals surface area (Å²) in [4.78, 5) is 43.8. The summed E-state index contributed by atoms with van der Waals surface area (Å²) >= 11 is 0. The lowest BCUT2D eigenvalue weighted by molar-refractivity contribution is -0.117. The van der Waals surface area contributed by atoms with Gasteiger partial charge in [-0.1, -0.05) is 48.5 Å². The van der Waals surface area contributed by atoms with E-state index < -0.39 is 0 Å². The van der Waals surface area contributed by atoms with Crippen LogP contribution in [0.4, 0.5) is 16.2 Å². The SMILES string of the molecule is CCN(C(=O)Cc1ccc(NC(=O)N2CCCN(C(=O)c3ccccc3)CC2)cc1)c1ccccc1. The zero-order valence-corrected chi connectivity index (χ0v) is 20.6. The number of amides is 4. The first-order valence-corrected chi connectivity index (χ1v) is 12.4. The van der Waals surface area contributed by atoms with Gasteiger partial charge in [0.15, 0.2) is 0 Å². The van der Waals surface area contributed by atoms with E-state index in [9.17, 15) is 14.4 Å². The minimum atomic E-state index is -0.186. The van der Waals surface area contributed by atoms with Gasteiger partial charge in [-0.3, -0.25) is 9.59 Å². The zero-order chi connectivity index (χ0) is 25.3. The van der Waals surface area contributed by atoms with Gasteiger partial charge < -0.3 is 20.0 Å². The van der Waals surface area contributed by atoms with Crippen LogP contribution >= 0.6 is 0 Å². The Bertz CT molecular complexity index is 1170. The van der Waals surface area contributed by atoms with Crippen molar-refractivity contribution in [2.45, 2.75) is 19.8 Å². The Morgan fingerprint density at radius 1 is 0.778 bits per heavy atom. The van der Waals surface area contributed by atoms with Gasteiger partial charge in [-0.2, -0.15) is 0 Å². The van der Waals surface area contributed by atoms with Crippen LogP contribution in [0.3, 0.4) is 0 Å². The third-order valence-corrected chi connectivity index (χ3v) is 6.34. The summed E-state index contributed by atoms with van der Waals surface area (Å²) in [5.74, 6) is 0.0246. The van der Waals surface area contributed by atoms with Crippen LogP contribution in [0.25, 0.3) is 0 Å². The first-order valence-electron chi connectivity index (χ1n) is 12.4. The lowest BCUT2D eigenvalue weighted by atomic mass is 10.1. The van der Waals surface area contributed by atoms with E-state index in [1.54, 1.807) is 9.80 Å². The molecule has 1 N–H and O–H groups in total. The Kier molecular flexibility index (Phi) is 8.34. The van der Waals surface area contributed by atoms with Gasteiger partial charge in [-0.25, -0.2) is 4.79 Å². The number of carbonyl (C=O) groups excluding carboxylic acids is 3. The molecule has 1 heterocycles. The first-order chi connectivity index (χ1) is 17.5. The number of rotatable bonds is 6. The van der Waals surface area contributed by atoms with Crippen LogP contribution < -0.4 is 10.2 Å². The van der Waals surface area contributed by atoms with Gasteiger partial charge >= 0.3 is 6.03 Å². The topological polar surface area (TPSA) is 73.0 Å². The van der Waals surface area contributed by atoms with Crippen molar-refractivity contribution in [2.24, 2.45) is 0 Å². The van der Waals surface area contributed by atoms with Crippen LogP contribution in [0.2, 0.25) is 0 Å². The van der Waals surface area contributed by atoms with Crippen molar-refractivity contribution < 1.29 is 14.4 Å². The highest BCUT2D eigenvalue weighted by atomic mass is 16.2. The molecule has 0 aromatic heterocycles. The fourth-order valence-electron chi connectivity index (χ4n) is 4.38. The predicted octanol–water partition coefficient (Wildman–Crippen LogP) is 4.66. The second-order valence-electron chi connectivity index (χ2n) is 8.78. The molecule has 4 rings (SSSR count). The summed E-state index contributed by atoms with van der Waals surface area (Å²) < 4.78 is 0. The van der Waals surface area contributed by atoms with Gasteiger partial charge in [-0.05, 0) is 55.3 Å². The molecule has 4 amide bonds. The highest BCUT2D eigenvalue weighted by Gasteiger charge is 2.23. The van der Waals surface area contributed by atoms with E-state index in [0.717, 1.165) is 17.7 Å². The van der Waals surface area contributed by atoms with Crippen LogP contribution in [0.15, 0.2) is 84.9 Å². The molecule has 3 aromatic carbocycles. The van der Waals surface area contributed by atoms with E-state index in [0.29, 0.717) is 44.0 Å². The Morgan fingerprint density at radius 3 is 2.06 bits per heavy atom. The molecular formula is C29H32N4O3. The van der Waals surface area contributed by atoms with Gasteiger partial charge in [0.05, 0.1) is 6.42 Å². The monoisotopic (exact) mass is 484 g/mol. The summed E-state index contributed by atoms with van der Waals surface area (Å²) in [5, 5.41) is 2.94. The van der Waals surface area contributed by atoms with E-state index >= 15 is 0 Å². The lowest BCUT2D eigenvalue weighted by Crippen LogP contribution is -2.39. The molecule has 1 aliphatic rings. The molecule has 0 radical (unpaired) electrons. The molecule has 0 bridgehead atoms. The smallest absolute Gasteiger partial charge is 0.321 e. The van der Waals surface area contributed by atoms with Crippen molar-refractivity contribution in [3.8, 4) is 0 Å². The van der Waals surface area contributed by atoms with E-state index in [1.807, 2.05) is 96.8 Å². The number of para-hydroxylation sites is 1. The molecule has 0 saturated carbocycles. The fraction of sp³-hybridized carbons (Fsp3) is 0.276. The van der Waals surface area contributed by atoms with Crippen molar-refractivity contribution in [3.05, 3.63) is 96.1 Å². The fourth-order valence-corrected chi connectivity index (χ4v) is 4.38. The predicted molar refractivity (Wildman–Crippen MR) is 142 cm³/mol. The van der Waals surface area contributed by atoms with E-state index in [-0.39, 0.29) is 24.3 Å². The number of hydrogen-bond donors (Lipinski definition) is 1. The van der Waals surface area contributed by atoms with Crippen molar-refractivity contribution in [2.75, 3.05) is 42.9 Å². The molecule has 7 heteroatoms. The molecule has 0 atom stereocenters. The van der Waals surface area contributed by atoms with Crippen molar-refractivity contribution in [1.29, 1.82) is 0 Å². The molecule has 3 aromatic rings. The Labute approximate surface area is 212 Å². The summed E-state index contributed by atoms with van der Waals surface area (Å²) in [7, 11) is 0. The molecule has 36 heavy (non-hydrogen) atoms. The van der Waals surface area contributed by atoms with Crippen LogP contribution in [-0.4, -0.2) is 60.4 Å². The second kappa shape index (κ2) is 12.0. The zero-order valence-electron chi connectivity index (χ0n) is 20.6. The molecule has 7 nitrogen and oxygen atoms in total. The molecule has 0 spiro atoms. The lowest BCUT2D eigenvalue weighted by Gasteiger charge is -2.23. The molecule has 0 aliphatic carbocycles. The summed E-state index contributed by atoms with van der Waals surface area (Å²) in [6.07, 6.45) is 1.01. The van der Waals surface area contributed by atoms with E-state index in [2.05, 4.69) is 5.32 Å². The van der Waals surface area contributed by atoms with Crippen molar-refractivity contribution in [1.82, 2.24) is 9.80 Å². The Morgan fingerprint density at radius 2 is 1.39 bits per heavy atom. The number of hydrogen-bond acceptors (Lipinski definition) is 3. The molecule has 0 unspecified atom stereocenters. The van der Waals surface area contributed by atoms with Gasteiger partial charge in [0.1, 0.15) is 0 Å². The maximum atomic E-state index is 12.9. The average molecular weight is 485 g/mol. The third kappa shape index (κ3) is 6.30. The summed E-state index contributed by atoms with van der Waals surface area (Å²) in [5.41, 5.74) is 3.11. The molecule has 1 fully saturated rings. The molecule has 1 saturated heterocycles. The van der Waals surface area contributed by atoms with Crippen LogP contribution in [0.5, 0.6) is 0 Å². The number of benzene rings is 3. The minimum Gasteiger partial charge on any atom is -0.337 e.